The molecule has 3 N–H and O–H groups in total. The number of hydrogen-bond donors (Lipinski definition) is 2. The van der Waals surface area contributed by atoms with Gasteiger partial charge in [-0.1, -0.05) is 11.5 Å². The molecule has 2 atom stereocenters. The number of nitrogens with zero attached hydrogens (tertiary/aromatic N) is 4. The van der Waals surface area contributed by atoms with Gasteiger partial charge in [0, 0.05) is 13.6 Å². The van der Waals surface area contributed by atoms with Gasteiger partial charge in [-0.05, 0) is 41.6 Å². The number of aromatic nitrogens is 4. The predicted octanol–water partition coefficient (Wildman–Crippen LogP) is -0.00300. The van der Waals surface area contributed by atoms with Crippen LogP contribution in [0.1, 0.15) is 19.3 Å². The Labute approximate surface area is 89.2 Å². The van der Waals surface area contributed by atoms with Crippen molar-refractivity contribution in [1.82, 2.24) is 20.2 Å². The molecule has 0 saturated heterocycles. The van der Waals surface area contributed by atoms with E-state index >= 15 is 0 Å². The molecule has 1 fully saturated rings. The molecule has 84 valence electrons. The highest BCUT2D eigenvalue weighted by atomic mass is 15.6. The Bertz CT molecular complexity index is 309. The molecule has 15 heavy (non-hydrogen) atoms. The van der Waals surface area contributed by atoms with Crippen molar-refractivity contribution in [2.45, 2.75) is 19.3 Å². The van der Waals surface area contributed by atoms with Crippen LogP contribution in [0.2, 0.25) is 0 Å². The first-order valence-corrected chi connectivity index (χ1v) is 5.47. The standard InChI is InChI=1S/C9H18N6/c1-15-9(12-13-14-15)11-6-8-4-2-3-7(8)5-10/h7-8H,2-6,10H2,1H3,(H,11,12,14). The first kappa shape index (κ1) is 10.4. The Morgan fingerprint density at radius 1 is 1.47 bits per heavy atom. The summed E-state index contributed by atoms with van der Waals surface area (Å²) in [6.45, 7) is 1.72. The Hall–Kier alpha value is -1.17. The van der Waals surface area contributed by atoms with Crippen LogP contribution in [0.5, 0.6) is 0 Å². The van der Waals surface area contributed by atoms with Gasteiger partial charge in [0.25, 0.3) is 0 Å². The molecule has 6 nitrogen and oxygen atoms in total. The molecular formula is C9H18N6. The van der Waals surface area contributed by atoms with Crippen molar-refractivity contribution >= 4 is 5.95 Å². The number of nitrogens with two attached hydrogens (primary N) is 1. The molecule has 1 aromatic heterocycles. The van der Waals surface area contributed by atoms with Crippen molar-refractivity contribution < 1.29 is 0 Å². The van der Waals surface area contributed by atoms with Crippen LogP contribution in [0.3, 0.4) is 0 Å². The lowest BCUT2D eigenvalue weighted by molar-refractivity contribution is 0.413. The number of hydrogen-bond acceptors (Lipinski definition) is 5. The lowest BCUT2D eigenvalue weighted by atomic mass is 9.96. The molecule has 0 aromatic carbocycles. The van der Waals surface area contributed by atoms with E-state index in [1.165, 1.54) is 19.3 Å². The summed E-state index contributed by atoms with van der Waals surface area (Å²) < 4.78 is 1.65. The van der Waals surface area contributed by atoms with Gasteiger partial charge in [0.15, 0.2) is 0 Å². The van der Waals surface area contributed by atoms with E-state index in [9.17, 15) is 0 Å². The average molecular weight is 210 g/mol. The summed E-state index contributed by atoms with van der Waals surface area (Å²) in [6, 6.07) is 0. The van der Waals surface area contributed by atoms with Crippen LogP contribution in [-0.4, -0.2) is 33.3 Å². The van der Waals surface area contributed by atoms with Gasteiger partial charge in [-0.25, -0.2) is 4.68 Å². The first-order valence-electron chi connectivity index (χ1n) is 5.47. The molecule has 0 amide bonds. The molecule has 0 spiro atoms. The first-order chi connectivity index (χ1) is 7.31. The van der Waals surface area contributed by atoms with Crippen LogP contribution in [0, 0.1) is 11.8 Å². The van der Waals surface area contributed by atoms with E-state index in [1.807, 2.05) is 7.05 Å². The maximum absolute atomic E-state index is 5.73. The van der Waals surface area contributed by atoms with Crippen molar-refractivity contribution in [3.8, 4) is 0 Å². The summed E-state index contributed by atoms with van der Waals surface area (Å²) in [5.74, 6) is 2.07. The average Bonchev–Trinajstić information content (AvgIpc) is 2.83. The van der Waals surface area contributed by atoms with Crippen molar-refractivity contribution in [2.75, 3.05) is 18.4 Å². The van der Waals surface area contributed by atoms with Gasteiger partial charge < -0.3 is 11.1 Å². The summed E-state index contributed by atoms with van der Waals surface area (Å²) in [5.41, 5.74) is 5.73. The minimum absolute atomic E-state index is 0.665. The largest absolute Gasteiger partial charge is 0.353 e. The summed E-state index contributed by atoms with van der Waals surface area (Å²) in [6.07, 6.45) is 3.82. The molecule has 0 radical (unpaired) electrons. The molecule has 0 bridgehead atoms. The van der Waals surface area contributed by atoms with Crippen molar-refractivity contribution in [3.63, 3.8) is 0 Å². The normalized spacial score (nSPS) is 25.7. The monoisotopic (exact) mass is 210 g/mol. The van der Waals surface area contributed by atoms with Crippen molar-refractivity contribution in [3.05, 3.63) is 0 Å². The van der Waals surface area contributed by atoms with Gasteiger partial charge in [0.2, 0.25) is 5.95 Å². The van der Waals surface area contributed by atoms with Gasteiger partial charge in [-0.2, -0.15) is 0 Å². The number of nitrogens with one attached hydrogen (secondary N) is 1. The maximum Gasteiger partial charge on any atom is 0.242 e. The summed E-state index contributed by atoms with van der Waals surface area (Å²) >= 11 is 0. The lowest BCUT2D eigenvalue weighted by Gasteiger charge is -2.17. The van der Waals surface area contributed by atoms with Gasteiger partial charge in [-0.15, -0.1) is 0 Å². The quantitative estimate of drug-likeness (QED) is 0.731. The van der Waals surface area contributed by atoms with E-state index in [0.29, 0.717) is 11.8 Å². The summed E-state index contributed by atoms with van der Waals surface area (Å²) in [5, 5.41) is 14.5. The SMILES string of the molecule is Cn1nnnc1NCC1CCCC1CN. The molecule has 1 aliphatic carbocycles. The molecule has 0 aliphatic heterocycles. The van der Waals surface area contributed by atoms with Crippen molar-refractivity contribution in [1.29, 1.82) is 0 Å². The van der Waals surface area contributed by atoms with E-state index in [4.69, 9.17) is 5.73 Å². The van der Waals surface area contributed by atoms with E-state index < -0.39 is 0 Å². The van der Waals surface area contributed by atoms with Crippen LogP contribution in [0.25, 0.3) is 0 Å². The van der Waals surface area contributed by atoms with Crippen molar-refractivity contribution in [2.24, 2.45) is 24.6 Å². The fourth-order valence-electron chi connectivity index (χ4n) is 2.29. The third-order valence-corrected chi connectivity index (χ3v) is 3.26. The molecule has 6 heteroatoms. The van der Waals surface area contributed by atoms with E-state index in [2.05, 4.69) is 20.8 Å². The third-order valence-electron chi connectivity index (χ3n) is 3.26. The second kappa shape index (κ2) is 4.57. The topological polar surface area (TPSA) is 81.7 Å². The van der Waals surface area contributed by atoms with Gasteiger partial charge in [-0.3, -0.25) is 0 Å². The Balaban J connectivity index is 1.85. The number of rotatable bonds is 4. The minimum atomic E-state index is 0.665. The van der Waals surface area contributed by atoms with Crippen LogP contribution in [0.15, 0.2) is 0 Å². The van der Waals surface area contributed by atoms with E-state index in [-0.39, 0.29) is 0 Å². The molecule has 2 unspecified atom stereocenters. The van der Waals surface area contributed by atoms with E-state index in [0.717, 1.165) is 19.0 Å². The number of aryl methyl sites for hydroxylation is 1. The zero-order chi connectivity index (χ0) is 10.7. The molecular weight excluding hydrogens is 192 g/mol. The van der Waals surface area contributed by atoms with Crippen LogP contribution in [0.4, 0.5) is 5.95 Å². The molecule has 1 saturated carbocycles. The summed E-state index contributed by atoms with van der Waals surface area (Å²) in [7, 11) is 1.83. The Kier molecular flexibility index (Phi) is 3.15. The van der Waals surface area contributed by atoms with Gasteiger partial charge in [0.05, 0.1) is 0 Å². The Morgan fingerprint density at radius 2 is 2.27 bits per heavy atom. The number of anilines is 1. The second-order valence-electron chi connectivity index (χ2n) is 4.19. The fourth-order valence-corrected chi connectivity index (χ4v) is 2.29. The van der Waals surface area contributed by atoms with Gasteiger partial charge in [0.1, 0.15) is 0 Å². The van der Waals surface area contributed by atoms with Crippen LogP contribution < -0.4 is 11.1 Å². The molecule has 1 heterocycles. The highest BCUT2D eigenvalue weighted by Gasteiger charge is 2.25. The third kappa shape index (κ3) is 2.26. The summed E-state index contributed by atoms with van der Waals surface area (Å²) in [4.78, 5) is 0. The molecule has 2 rings (SSSR count). The minimum Gasteiger partial charge on any atom is -0.353 e. The highest BCUT2D eigenvalue weighted by molar-refractivity contribution is 5.20. The van der Waals surface area contributed by atoms with Gasteiger partial charge >= 0.3 is 0 Å². The smallest absolute Gasteiger partial charge is 0.242 e. The van der Waals surface area contributed by atoms with Crippen LogP contribution in [-0.2, 0) is 7.05 Å². The zero-order valence-electron chi connectivity index (χ0n) is 9.06. The van der Waals surface area contributed by atoms with E-state index in [1.54, 1.807) is 4.68 Å². The molecule has 1 aromatic rings. The fraction of sp³-hybridized carbons (Fsp3) is 0.889. The second-order valence-corrected chi connectivity index (χ2v) is 4.19. The maximum atomic E-state index is 5.73. The predicted molar refractivity (Wildman–Crippen MR) is 57.2 cm³/mol. The Morgan fingerprint density at radius 3 is 2.93 bits per heavy atom. The zero-order valence-corrected chi connectivity index (χ0v) is 9.06. The highest BCUT2D eigenvalue weighted by Crippen LogP contribution is 2.30. The lowest BCUT2D eigenvalue weighted by Crippen LogP contribution is -2.25. The van der Waals surface area contributed by atoms with Crippen LogP contribution >= 0.6 is 0 Å². The molecule has 1 aliphatic rings. The number of tetrazole rings is 1.